The summed E-state index contributed by atoms with van der Waals surface area (Å²) in [7, 11) is 1.65. The van der Waals surface area contributed by atoms with Crippen LogP contribution in [0.1, 0.15) is 0 Å². The van der Waals surface area contributed by atoms with Gasteiger partial charge in [0.25, 0.3) is 0 Å². The van der Waals surface area contributed by atoms with Crippen LogP contribution in [0.3, 0.4) is 0 Å². The van der Waals surface area contributed by atoms with E-state index in [-0.39, 0.29) is 0 Å². The Bertz CT molecular complexity index is 377. The maximum atomic E-state index is 5.11. The summed E-state index contributed by atoms with van der Waals surface area (Å²) < 4.78 is 9.99. The van der Waals surface area contributed by atoms with E-state index in [0.29, 0.717) is 0 Å². The van der Waals surface area contributed by atoms with Crippen LogP contribution in [0.2, 0.25) is 0 Å². The zero-order valence-electron chi connectivity index (χ0n) is 7.28. The molecule has 0 saturated carbocycles. The number of benzene rings is 1. The summed E-state index contributed by atoms with van der Waals surface area (Å²) in [6.45, 7) is 0. The number of ether oxygens (including phenoxy) is 1. The molecule has 1 aromatic heterocycles. The van der Waals surface area contributed by atoms with E-state index in [1.807, 2.05) is 24.3 Å². The maximum absolute atomic E-state index is 5.11. The van der Waals surface area contributed by atoms with Crippen molar-refractivity contribution >= 4 is 0 Å². The Morgan fingerprint density at radius 2 is 2.23 bits per heavy atom. The van der Waals surface area contributed by atoms with E-state index in [9.17, 15) is 0 Å². The summed E-state index contributed by atoms with van der Waals surface area (Å²) in [5.41, 5.74) is 2.09. The van der Waals surface area contributed by atoms with E-state index in [2.05, 4.69) is 6.26 Å². The second-order valence-electron chi connectivity index (χ2n) is 2.69. The van der Waals surface area contributed by atoms with Crippen molar-refractivity contribution in [3.05, 3.63) is 42.9 Å². The van der Waals surface area contributed by atoms with E-state index >= 15 is 0 Å². The van der Waals surface area contributed by atoms with Crippen molar-refractivity contribution in [2.75, 3.05) is 7.11 Å². The number of hydrogen-bond donors (Lipinski definition) is 0. The zero-order valence-corrected chi connectivity index (χ0v) is 7.28. The minimum atomic E-state index is 0.846. The number of rotatable bonds is 2. The number of furan rings is 1. The minimum absolute atomic E-state index is 0.846. The van der Waals surface area contributed by atoms with E-state index in [0.717, 1.165) is 16.9 Å². The van der Waals surface area contributed by atoms with Gasteiger partial charge in [-0.2, -0.15) is 0 Å². The first-order chi connectivity index (χ1) is 6.40. The molecular weight excluding hydrogens is 164 g/mol. The maximum Gasteiger partial charge on any atom is 0.169 e. The Labute approximate surface area is 76.8 Å². The van der Waals surface area contributed by atoms with Crippen LogP contribution in [0.5, 0.6) is 5.75 Å². The fraction of sp³-hybridized carbons (Fsp3) is 0.0909. The number of methoxy groups -OCH3 is 1. The predicted molar refractivity (Wildman–Crippen MR) is 49.5 cm³/mol. The quantitative estimate of drug-likeness (QED) is 0.696. The smallest absolute Gasteiger partial charge is 0.169 e. The molecular formula is C11H9O2. The molecule has 13 heavy (non-hydrogen) atoms. The van der Waals surface area contributed by atoms with E-state index in [4.69, 9.17) is 9.15 Å². The van der Waals surface area contributed by atoms with Gasteiger partial charge in [0, 0.05) is 5.56 Å². The van der Waals surface area contributed by atoms with Crippen molar-refractivity contribution in [1.29, 1.82) is 0 Å². The van der Waals surface area contributed by atoms with Gasteiger partial charge in [0.2, 0.25) is 0 Å². The molecule has 2 aromatic rings. The summed E-state index contributed by atoms with van der Waals surface area (Å²) in [4.78, 5) is 0. The SMILES string of the molecule is COc1cccc(-c2c[c]oc2)c1. The van der Waals surface area contributed by atoms with Crippen LogP contribution < -0.4 is 4.74 Å². The van der Waals surface area contributed by atoms with Crippen LogP contribution in [0.15, 0.2) is 41.0 Å². The predicted octanol–water partition coefficient (Wildman–Crippen LogP) is 2.76. The van der Waals surface area contributed by atoms with Crippen LogP contribution in [-0.4, -0.2) is 7.11 Å². The van der Waals surface area contributed by atoms with Crippen molar-refractivity contribution in [2.45, 2.75) is 0 Å². The monoisotopic (exact) mass is 173 g/mol. The molecule has 0 bridgehead atoms. The number of hydrogen-bond acceptors (Lipinski definition) is 2. The molecule has 0 fully saturated rings. The Morgan fingerprint density at radius 3 is 2.92 bits per heavy atom. The molecule has 1 radical (unpaired) electrons. The van der Waals surface area contributed by atoms with Gasteiger partial charge in [-0.1, -0.05) is 12.1 Å². The second-order valence-corrected chi connectivity index (χ2v) is 2.69. The van der Waals surface area contributed by atoms with Gasteiger partial charge in [0.1, 0.15) is 5.75 Å². The molecule has 0 amide bonds. The van der Waals surface area contributed by atoms with Gasteiger partial charge in [-0.05, 0) is 23.8 Å². The Kier molecular flexibility index (Phi) is 2.04. The molecule has 2 rings (SSSR count). The lowest BCUT2D eigenvalue weighted by Crippen LogP contribution is -1.82. The zero-order chi connectivity index (χ0) is 9.10. The topological polar surface area (TPSA) is 22.4 Å². The van der Waals surface area contributed by atoms with Gasteiger partial charge >= 0.3 is 0 Å². The highest BCUT2D eigenvalue weighted by molar-refractivity contribution is 5.63. The average Bonchev–Trinajstić information content (AvgIpc) is 2.71. The lowest BCUT2D eigenvalue weighted by atomic mass is 10.1. The van der Waals surface area contributed by atoms with E-state index in [1.165, 1.54) is 0 Å². The van der Waals surface area contributed by atoms with Gasteiger partial charge in [-0.25, -0.2) is 0 Å². The first kappa shape index (κ1) is 7.92. The third-order valence-corrected chi connectivity index (χ3v) is 1.87. The molecule has 0 aliphatic heterocycles. The summed E-state index contributed by atoms with van der Waals surface area (Å²) in [6, 6.07) is 9.61. The molecule has 2 heteroatoms. The lowest BCUT2D eigenvalue weighted by molar-refractivity contribution is 0.415. The van der Waals surface area contributed by atoms with Gasteiger partial charge in [0.05, 0.1) is 13.4 Å². The van der Waals surface area contributed by atoms with Gasteiger partial charge in [-0.3, -0.25) is 0 Å². The van der Waals surface area contributed by atoms with Gasteiger partial charge in [-0.15, -0.1) is 0 Å². The lowest BCUT2D eigenvalue weighted by Gasteiger charge is -2.01. The third-order valence-electron chi connectivity index (χ3n) is 1.87. The molecule has 0 aliphatic rings. The summed E-state index contributed by atoms with van der Waals surface area (Å²) in [5, 5.41) is 0. The summed E-state index contributed by atoms with van der Waals surface area (Å²) in [6.07, 6.45) is 4.31. The van der Waals surface area contributed by atoms with Crippen molar-refractivity contribution in [1.82, 2.24) is 0 Å². The van der Waals surface area contributed by atoms with Crippen LogP contribution in [0.4, 0.5) is 0 Å². The largest absolute Gasteiger partial charge is 0.497 e. The van der Waals surface area contributed by atoms with E-state index < -0.39 is 0 Å². The highest BCUT2D eigenvalue weighted by Gasteiger charge is 1.99. The molecule has 1 aromatic carbocycles. The van der Waals surface area contributed by atoms with Crippen LogP contribution in [-0.2, 0) is 0 Å². The fourth-order valence-corrected chi connectivity index (χ4v) is 1.18. The first-order valence-corrected chi connectivity index (χ1v) is 3.99. The van der Waals surface area contributed by atoms with E-state index in [1.54, 1.807) is 19.4 Å². The van der Waals surface area contributed by atoms with Crippen molar-refractivity contribution in [3.8, 4) is 16.9 Å². The Hall–Kier alpha value is -1.70. The summed E-state index contributed by atoms with van der Waals surface area (Å²) >= 11 is 0. The van der Waals surface area contributed by atoms with Crippen molar-refractivity contribution in [3.63, 3.8) is 0 Å². The normalized spacial score (nSPS) is 9.92. The van der Waals surface area contributed by atoms with Gasteiger partial charge < -0.3 is 9.15 Å². The van der Waals surface area contributed by atoms with Crippen LogP contribution in [0.25, 0.3) is 11.1 Å². The fourth-order valence-electron chi connectivity index (χ4n) is 1.18. The molecule has 65 valence electrons. The highest BCUT2D eigenvalue weighted by Crippen LogP contribution is 2.23. The molecule has 2 nitrogen and oxygen atoms in total. The average molecular weight is 173 g/mol. The second kappa shape index (κ2) is 3.35. The van der Waals surface area contributed by atoms with Crippen molar-refractivity contribution < 1.29 is 9.15 Å². The molecule has 0 N–H and O–H groups in total. The molecule has 1 heterocycles. The molecule has 0 aliphatic carbocycles. The molecule has 0 atom stereocenters. The minimum Gasteiger partial charge on any atom is -0.497 e. The Morgan fingerprint density at radius 1 is 1.31 bits per heavy atom. The summed E-state index contributed by atoms with van der Waals surface area (Å²) in [5.74, 6) is 0.846. The van der Waals surface area contributed by atoms with Gasteiger partial charge in [0.15, 0.2) is 6.26 Å². The van der Waals surface area contributed by atoms with Crippen LogP contribution >= 0.6 is 0 Å². The standard InChI is InChI=1S/C11H9O2/c1-12-11-4-2-3-9(7-11)10-5-6-13-8-10/h2-5,7-8H,1H3. The van der Waals surface area contributed by atoms with Crippen LogP contribution in [0, 0.1) is 6.26 Å². The molecule has 0 saturated heterocycles. The first-order valence-electron chi connectivity index (χ1n) is 3.99. The molecule has 0 unspecified atom stereocenters. The third kappa shape index (κ3) is 1.56. The molecule has 0 spiro atoms. The van der Waals surface area contributed by atoms with Crippen molar-refractivity contribution in [2.24, 2.45) is 0 Å². The Balaban J connectivity index is 2.41. The highest BCUT2D eigenvalue weighted by atomic mass is 16.5.